The smallest absolute Gasteiger partial charge is 0.407 e. The predicted molar refractivity (Wildman–Crippen MR) is 121 cm³/mol. The van der Waals surface area contributed by atoms with Crippen LogP contribution >= 0.6 is 0 Å². The van der Waals surface area contributed by atoms with Gasteiger partial charge in [-0.15, -0.1) is 0 Å². The summed E-state index contributed by atoms with van der Waals surface area (Å²) in [4.78, 5) is 35.5. The van der Waals surface area contributed by atoms with Gasteiger partial charge in [-0.05, 0) is 57.7 Å². The zero-order valence-electron chi connectivity index (χ0n) is 19.1. The molecule has 2 heterocycles. The van der Waals surface area contributed by atoms with Crippen LogP contribution in [0.5, 0.6) is 11.5 Å². The number of ether oxygens (including phenoxy) is 1. The van der Waals surface area contributed by atoms with Crippen LogP contribution in [0.2, 0.25) is 0 Å². The van der Waals surface area contributed by atoms with E-state index in [1.807, 2.05) is 20.8 Å². The standard InChI is InChI=1S/C23H30FN5O4/c1-4-29(15(2)3)22(30)18-11-17(24)5-6-19(18)33-20-13-25-14-27-21(20)26-12-16-7-9-28(10-8-16)23(31)32/h5-6,11,13-16H,4,7-10,12H2,1-3H3,(H,31,32)(H,25,26,27). The van der Waals surface area contributed by atoms with Gasteiger partial charge < -0.3 is 25.0 Å². The number of aromatic nitrogens is 2. The normalized spacial score (nSPS) is 14.3. The Morgan fingerprint density at radius 2 is 2.03 bits per heavy atom. The van der Waals surface area contributed by atoms with Crippen LogP contribution in [0.1, 0.15) is 44.0 Å². The molecule has 0 atom stereocenters. The Balaban J connectivity index is 1.75. The number of rotatable bonds is 8. The molecule has 9 nitrogen and oxygen atoms in total. The third-order valence-corrected chi connectivity index (χ3v) is 5.74. The Morgan fingerprint density at radius 3 is 2.67 bits per heavy atom. The molecule has 0 bridgehead atoms. The maximum absolute atomic E-state index is 14.0. The van der Waals surface area contributed by atoms with Crippen LogP contribution in [0, 0.1) is 11.7 Å². The highest BCUT2D eigenvalue weighted by Crippen LogP contribution is 2.31. The molecular weight excluding hydrogens is 429 g/mol. The minimum atomic E-state index is -0.892. The van der Waals surface area contributed by atoms with E-state index in [0.717, 1.165) is 12.8 Å². The molecule has 1 aliphatic heterocycles. The zero-order chi connectivity index (χ0) is 24.0. The molecule has 1 aliphatic rings. The van der Waals surface area contributed by atoms with Crippen LogP contribution in [-0.2, 0) is 0 Å². The number of likely N-dealkylation sites (tertiary alicyclic amines) is 1. The number of amides is 2. The minimum absolute atomic E-state index is 0.0524. The average Bonchev–Trinajstić information content (AvgIpc) is 2.80. The van der Waals surface area contributed by atoms with E-state index in [4.69, 9.17) is 9.84 Å². The number of nitrogens with zero attached hydrogens (tertiary/aromatic N) is 4. The first-order chi connectivity index (χ1) is 15.8. The van der Waals surface area contributed by atoms with Gasteiger partial charge in [-0.2, -0.15) is 0 Å². The van der Waals surface area contributed by atoms with Crippen molar-refractivity contribution in [2.24, 2.45) is 5.92 Å². The van der Waals surface area contributed by atoms with E-state index in [1.54, 1.807) is 4.90 Å². The van der Waals surface area contributed by atoms with E-state index in [0.29, 0.717) is 37.7 Å². The lowest BCUT2D eigenvalue weighted by Gasteiger charge is -2.30. The number of carbonyl (C=O) groups is 2. The van der Waals surface area contributed by atoms with Gasteiger partial charge in [0.05, 0.1) is 11.8 Å². The Labute approximate surface area is 192 Å². The van der Waals surface area contributed by atoms with Gasteiger partial charge >= 0.3 is 6.09 Å². The lowest BCUT2D eigenvalue weighted by atomic mass is 9.97. The van der Waals surface area contributed by atoms with Crippen molar-refractivity contribution in [3.63, 3.8) is 0 Å². The molecule has 178 valence electrons. The van der Waals surface area contributed by atoms with Crippen molar-refractivity contribution < 1.29 is 23.8 Å². The van der Waals surface area contributed by atoms with E-state index in [2.05, 4.69) is 15.3 Å². The van der Waals surface area contributed by atoms with Crippen molar-refractivity contribution in [3.8, 4) is 11.5 Å². The number of anilines is 1. The van der Waals surface area contributed by atoms with E-state index < -0.39 is 11.9 Å². The third-order valence-electron chi connectivity index (χ3n) is 5.74. The summed E-state index contributed by atoms with van der Waals surface area (Å²) in [5, 5.41) is 12.3. The van der Waals surface area contributed by atoms with Gasteiger partial charge in [0.15, 0.2) is 11.6 Å². The summed E-state index contributed by atoms with van der Waals surface area (Å²) in [7, 11) is 0. The summed E-state index contributed by atoms with van der Waals surface area (Å²) in [6.07, 6.45) is 3.48. The van der Waals surface area contributed by atoms with Crippen molar-refractivity contribution in [2.45, 2.75) is 39.7 Å². The summed E-state index contributed by atoms with van der Waals surface area (Å²) in [6.45, 7) is 7.73. The molecule has 0 radical (unpaired) electrons. The molecule has 0 spiro atoms. The molecule has 0 saturated carbocycles. The van der Waals surface area contributed by atoms with Crippen molar-refractivity contribution >= 4 is 17.8 Å². The molecule has 1 aromatic carbocycles. The van der Waals surface area contributed by atoms with Crippen LogP contribution in [0.4, 0.5) is 15.0 Å². The highest BCUT2D eigenvalue weighted by molar-refractivity contribution is 5.97. The molecule has 33 heavy (non-hydrogen) atoms. The summed E-state index contributed by atoms with van der Waals surface area (Å²) in [6, 6.07) is 3.79. The molecule has 0 aliphatic carbocycles. The van der Waals surface area contributed by atoms with E-state index in [-0.39, 0.29) is 29.2 Å². The van der Waals surface area contributed by atoms with Crippen molar-refractivity contribution in [1.82, 2.24) is 19.8 Å². The number of halogens is 1. The largest absolute Gasteiger partial charge is 0.465 e. The first kappa shape index (κ1) is 24.2. The van der Waals surface area contributed by atoms with Gasteiger partial charge in [-0.25, -0.2) is 19.2 Å². The third kappa shape index (κ3) is 6.09. The molecule has 2 amide bonds. The number of nitrogens with one attached hydrogen (secondary N) is 1. The van der Waals surface area contributed by atoms with Crippen LogP contribution in [0.25, 0.3) is 0 Å². The van der Waals surface area contributed by atoms with Crippen molar-refractivity contribution in [3.05, 3.63) is 42.1 Å². The second-order valence-electron chi connectivity index (χ2n) is 8.26. The van der Waals surface area contributed by atoms with Gasteiger partial charge in [0.1, 0.15) is 17.9 Å². The Kier molecular flexibility index (Phi) is 8.02. The average molecular weight is 460 g/mol. The minimum Gasteiger partial charge on any atom is -0.465 e. The monoisotopic (exact) mass is 459 g/mol. The first-order valence-corrected chi connectivity index (χ1v) is 11.1. The summed E-state index contributed by atoms with van der Waals surface area (Å²) >= 11 is 0. The Bertz CT molecular complexity index is 979. The zero-order valence-corrected chi connectivity index (χ0v) is 19.1. The Morgan fingerprint density at radius 1 is 1.30 bits per heavy atom. The molecule has 2 aromatic rings. The molecule has 0 unspecified atom stereocenters. The second-order valence-corrected chi connectivity index (χ2v) is 8.26. The highest BCUT2D eigenvalue weighted by atomic mass is 19.1. The molecular formula is C23H30FN5O4. The van der Waals surface area contributed by atoms with Crippen molar-refractivity contribution in [1.29, 1.82) is 0 Å². The van der Waals surface area contributed by atoms with Gasteiger partial charge in [0.25, 0.3) is 5.91 Å². The maximum Gasteiger partial charge on any atom is 0.407 e. The first-order valence-electron chi connectivity index (χ1n) is 11.1. The second kappa shape index (κ2) is 10.9. The Hall–Kier alpha value is -3.43. The molecule has 1 aromatic heterocycles. The number of carboxylic acid groups (broad SMARTS) is 1. The quantitative estimate of drug-likeness (QED) is 0.612. The topological polar surface area (TPSA) is 108 Å². The number of piperidine rings is 1. The lowest BCUT2D eigenvalue weighted by Crippen LogP contribution is -2.39. The van der Waals surface area contributed by atoms with E-state index >= 15 is 0 Å². The molecule has 1 saturated heterocycles. The van der Waals surface area contributed by atoms with E-state index in [9.17, 15) is 14.0 Å². The van der Waals surface area contributed by atoms with Crippen LogP contribution in [0.15, 0.2) is 30.7 Å². The fraction of sp³-hybridized carbons (Fsp3) is 0.478. The fourth-order valence-electron chi connectivity index (χ4n) is 3.87. The van der Waals surface area contributed by atoms with Gasteiger partial charge in [-0.3, -0.25) is 4.79 Å². The van der Waals surface area contributed by atoms with Crippen molar-refractivity contribution in [2.75, 3.05) is 31.5 Å². The number of hydrogen-bond donors (Lipinski definition) is 2. The highest BCUT2D eigenvalue weighted by Gasteiger charge is 2.24. The summed E-state index contributed by atoms with van der Waals surface area (Å²) in [5.74, 6) is 0.418. The van der Waals surface area contributed by atoms with Gasteiger partial charge in [0, 0.05) is 32.2 Å². The fourth-order valence-corrected chi connectivity index (χ4v) is 3.87. The van der Waals surface area contributed by atoms with Crippen LogP contribution < -0.4 is 10.1 Å². The number of carbonyl (C=O) groups excluding carboxylic acids is 1. The lowest BCUT2D eigenvalue weighted by molar-refractivity contribution is 0.0713. The van der Waals surface area contributed by atoms with Gasteiger partial charge in [-0.1, -0.05) is 0 Å². The van der Waals surface area contributed by atoms with Crippen LogP contribution in [-0.4, -0.2) is 69.1 Å². The number of hydrogen-bond acceptors (Lipinski definition) is 6. The van der Waals surface area contributed by atoms with E-state index in [1.165, 1.54) is 35.6 Å². The maximum atomic E-state index is 14.0. The van der Waals surface area contributed by atoms with Gasteiger partial charge in [0.2, 0.25) is 0 Å². The molecule has 1 fully saturated rings. The summed E-state index contributed by atoms with van der Waals surface area (Å²) in [5.41, 5.74) is 0.126. The molecule has 3 rings (SSSR count). The molecule has 10 heteroatoms. The predicted octanol–water partition coefficient (Wildman–Crippen LogP) is 4.08. The number of benzene rings is 1. The SMILES string of the molecule is CCN(C(=O)c1cc(F)ccc1Oc1cncnc1NCC1CCN(C(=O)O)CC1)C(C)C. The van der Waals surface area contributed by atoms with Crippen LogP contribution in [0.3, 0.4) is 0 Å². The summed E-state index contributed by atoms with van der Waals surface area (Å²) < 4.78 is 20.0. The molecule has 2 N–H and O–H groups in total.